The maximum Gasteiger partial charge on any atom is 0.329 e. The van der Waals surface area contributed by atoms with Gasteiger partial charge in [0.05, 0.1) is 16.9 Å². The summed E-state index contributed by atoms with van der Waals surface area (Å²) in [5.74, 6) is -1.60. The molecule has 0 unspecified atom stereocenters. The Hall–Kier alpha value is -4.17. The van der Waals surface area contributed by atoms with Gasteiger partial charge in [0.25, 0.3) is 5.91 Å². The topological polar surface area (TPSA) is 109 Å². The molecule has 0 fully saturated rings. The summed E-state index contributed by atoms with van der Waals surface area (Å²) < 4.78 is 5.55. The van der Waals surface area contributed by atoms with Crippen LogP contribution in [0, 0.1) is 20.8 Å². The summed E-state index contributed by atoms with van der Waals surface area (Å²) in [4.78, 5) is 36.1. The molecule has 9 heteroatoms. The number of carbonyl (C=O) groups is 3. The second-order valence-electron chi connectivity index (χ2n) is 7.81. The maximum atomic E-state index is 12.3. The molecule has 0 aliphatic rings. The fourth-order valence-electron chi connectivity index (χ4n) is 3.31. The highest BCUT2D eigenvalue weighted by Crippen LogP contribution is 2.22. The van der Waals surface area contributed by atoms with Crippen molar-refractivity contribution in [3.05, 3.63) is 87.9 Å². The van der Waals surface area contributed by atoms with E-state index in [9.17, 15) is 14.4 Å². The van der Waals surface area contributed by atoms with E-state index in [1.807, 2.05) is 32.9 Å². The monoisotopic (exact) mass is 492 g/mol. The van der Waals surface area contributed by atoms with Crippen LogP contribution in [0.1, 0.15) is 22.3 Å². The minimum Gasteiger partial charge on any atom is -0.484 e. The maximum absolute atomic E-state index is 12.3. The molecular weight excluding hydrogens is 468 g/mol. The minimum absolute atomic E-state index is 0.142. The minimum atomic E-state index is -0.939. The number of ether oxygens (including phenoxy) is 1. The van der Waals surface area contributed by atoms with Gasteiger partial charge in [0.2, 0.25) is 0 Å². The molecular formula is C26H25ClN4O4. The van der Waals surface area contributed by atoms with E-state index in [1.165, 1.54) is 6.21 Å². The van der Waals surface area contributed by atoms with Crippen molar-refractivity contribution in [2.45, 2.75) is 20.8 Å². The standard InChI is InChI=1S/C26H25ClN4O4/c1-16-12-17(2)24(18(3)13-16)30-23(32)15-35-20-10-8-19(9-11-20)14-28-31-26(34)25(33)29-22-7-5-4-6-21(22)27/h4-14H,15H2,1-3H3,(H,29,33)(H,30,32)(H,31,34)/b28-14+. The Kier molecular flexibility index (Phi) is 8.58. The summed E-state index contributed by atoms with van der Waals surface area (Å²) in [7, 11) is 0. The highest BCUT2D eigenvalue weighted by molar-refractivity contribution is 6.41. The highest BCUT2D eigenvalue weighted by Gasteiger charge is 2.14. The van der Waals surface area contributed by atoms with E-state index in [0.29, 0.717) is 22.0 Å². The molecule has 0 aliphatic carbocycles. The largest absolute Gasteiger partial charge is 0.484 e. The van der Waals surface area contributed by atoms with Gasteiger partial charge in [0.1, 0.15) is 5.75 Å². The number of halogens is 1. The number of amides is 3. The van der Waals surface area contributed by atoms with Gasteiger partial charge in [0.15, 0.2) is 6.61 Å². The van der Waals surface area contributed by atoms with Crippen molar-refractivity contribution in [1.82, 2.24) is 5.43 Å². The Bertz CT molecular complexity index is 1250. The lowest BCUT2D eigenvalue weighted by Crippen LogP contribution is -2.32. The van der Waals surface area contributed by atoms with Crippen molar-refractivity contribution in [2.24, 2.45) is 5.10 Å². The van der Waals surface area contributed by atoms with Crippen LogP contribution in [0.5, 0.6) is 5.75 Å². The third kappa shape index (κ3) is 7.41. The van der Waals surface area contributed by atoms with Crippen LogP contribution in [0.15, 0.2) is 65.8 Å². The number of hydrogen-bond donors (Lipinski definition) is 3. The molecule has 3 amide bonds. The first-order valence-electron chi connectivity index (χ1n) is 10.7. The molecule has 0 saturated heterocycles. The molecule has 35 heavy (non-hydrogen) atoms. The molecule has 0 atom stereocenters. The Morgan fingerprint density at radius 3 is 2.23 bits per heavy atom. The number of rotatable bonds is 7. The number of carbonyl (C=O) groups excluding carboxylic acids is 3. The number of hydrazone groups is 1. The summed E-state index contributed by atoms with van der Waals surface area (Å²) >= 11 is 5.96. The summed E-state index contributed by atoms with van der Waals surface area (Å²) in [5, 5.41) is 9.39. The third-order valence-corrected chi connectivity index (χ3v) is 5.23. The molecule has 3 aromatic rings. The molecule has 3 aromatic carbocycles. The SMILES string of the molecule is Cc1cc(C)c(NC(=O)COc2ccc(/C=N/NC(=O)C(=O)Nc3ccccc3Cl)cc2)c(C)c1. The van der Waals surface area contributed by atoms with Crippen LogP contribution in [-0.2, 0) is 14.4 Å². The molecule has 0 aromatic heterocycles. The van der Waals surface area contributed by atoms with Crippen molar-refractivity contribution < 1.29 is 19.1 Å². The van der Waals surface area contributed by atoms with Gasteiger partial charge in [-0.3, -0.25) is 14.4 Å². The lowest BCUT2D eigenvalue weighted by atomic mass is 10.1. The van der Waals surface area contributed by atoms with E-state index in [-0.39, 0.29) is 12.5 Å². The highest BCUT2D eigenvalue weighted by atomic mass is 35.5. The van der Waals surface area contributed by atoms with Gasteiger partial charge >= 0.3 is 11.8 Å². The number of benzene rings is 3. The van der Waals surface area contributed by atoms with Gasteiger partial charge in [0, 0.05) is 5.69 Å². The van der Waals surface area contributed by atoms with Crippen molar-refractivity contribution in [3.63, 3.8) is 0 Å². The van der Waals surface area contributed by atoms with Crippen molar-refractivity contribution in [1.29, 1.82) is 0 Å². The second-order valence-corrected chi connectivity index (χ2v) is 8.22. The van der Waals surface area contributed by atoms with Crippen LogP contribution in [0.2, 0.25) is 5.02 Å². The van der Waals surface area contributed by atoms with Gasteiger partial charge in [-0.25, -0.2) is 5.43 Å². The van der Waals surface area contributed by atoms with Crippen LogP contribution in [0.25, 0.3) is 0 Å². The average Bonchev–Trinajstić information content (AvgIpc) is 2.82. The molecule has 0 radical (unpaired) electrons. The quantitative estimate of drug-likeness (QED) is 0.258. The van der Waals surface area contributed by atoms with Crippen LogP contribution in [0.3, 0.4) is 0 Å². The van der Waals surface area contributed by atoms with Crippen LogP contribution in [0.4, 0.5) is 11.4 Å². The second kappa shape index (κ2) is 11.8. The first kappa shape index (κ1) is 25.5. The number of nitrogens with one attached hydrogen (secondary N) is 3. The van der Waals surface area contributed by atoms with Crippen LogP contribution >= 0.6 is 11.6 Å². The fourth-order valence-corrected chi connectivity index (χ4v) is 3.49. The molecule has 3 N–H and O–H groups in total. The lowest BCUT2D eigenvalue weighted by Gasteiger charge is -2.13. The van der Waals surface area contributed by atoms with Gasteiger partial charge in [-0.15, -0.1) is 0 Å². The lowest BCUT2D eigenvalue weighted by molar-refractivity contribution is -0.136. The molecule has 0 spiro atoms. The predicted molar refractivity (Wildman–Crippen MR) is 137 cm³/mol. The van der Waals surface area contributed by atoms with E-state index >= 15 is 0 Å². The van der Waals surface area contributed by atoms with Gasteiger partial charge in [-0.05, 0) is 73.9 Å². The summed E-state index contributed by atoms with van der Waals surface area (Å²) in [6.45, 7) is 5.77. The Morgan fingerprint density at radius 2 is 1.57 bits per heavy atom. The zero-order valence-electron chi connectivity index (χ0n) is 19.5. The molecule has 8 nitrogen and oxygen atoms in total. The van der Waals surface area contributed by atoms with Crippen molar-refractivity contribution in [3.8, 4) is 5.75 Å². The summed E-state index contributed by atoms with van der Waals surface area (Å²) in [6.07, 6.45) is 1.38. The van der Waals surface area contributed by atoms with Crippen LogP contribution < -0.4 is 20.8 Å². The van der Waals surface area contributed by atoms with E-state index in [4.69, 9.17) is 16.3 Å². The molecule has 0 heterocycles. The number of anilines is 2. The molecule has 0 aliphatic heterocycles. The fraction of sp³-hybridized carbons (Fsp3) is 0.154. The number of aryl methyl sites for hydroxylation is 3. The van der Waals surface area contributed by atoms with E-state index < -0.39 is 11.8 Å². The van der Waals surface area contributed by atoms with E-state index in [2.05, 4.69) is 21.2 Å². The first-order valence-corrected chi connectivity index (χ1v) is 11.1. The van der Waals surface area contributed by atoms with Crippen LogP contribution in [-0.4, -0.2) is 30.5 Å². The molecule has 0 saturated carbocycles. The van der Waals surface area contributed by atoms with E-state index in [0.717, 1.165) is 22.4 Å². The van der Waals surface area contributed by atoms with Gasteiger partial charge in [-0.1, -0.05) is 41.4 Å². The Morgan fingerprint density at radius 1 is 0.914 bits per heavy atom. The zero-order chi connectivity index (χ0) is 25.4. The number of nitrogens with zero attached hydrogens (tertiary/aromatic N) is 1. The van der Waals surface area contributed by atoms with Crippen molar-refractivity contribution >= 4 is 46.9 Å². The molecule has 3 rings (SSSR count). The summed E-state index contributed by atoms with van der Waals surface area (Å²) in [5.41, 5.74) is 7.04. The predicted octanol–water partition coefficient (Wildman–Crippen LogP) is 4.37. The van der Waals surface area contributed by atoms with Gasteiger partial charge < -0.3 is 15.4 Å². The average molecular weight is 493 g/mol. The number of para-hydroxylation sites is 1. The molecule has 0 bridgehead atoms. The Labute approximate surface area is 208 Å². The van der Waals surface area contributed by atoms with Crippen molar-refractivity contribution in [2.75, 3.05) is 17.2 Å². The molecule has 180 valence electrons. The normalized spacial score (nSPS) is 10.6. The number of hydrogen-bond acceptors (Lipinski definition) is 5. The first-order chi connectivity index (χ1) is 16.7. The Balaban J connectivity index is 1.46. The zero-order valence-corrected chi connectivity index (χ0v) is 20.3. The van der Waals surface area contributed by atoms with Gasteiger partial charge in [-0.2, -0.15) is 5.10 Å². The third-order valence-electron chi connectivity index (χ3n) is 4.90. The van der Waals surface area contributed by atoms with E-state index in [1.54, 1.807) is 48.5 Å². The smallest absolute Gasteiger partial charge is 0.329 e. The summed E-state index contributed by atoms with van der Waals surface area (Å²) in [6, 6.07) is 17.3.